The number of piperidine rings is 1. The Balaban J connectivity index is 2.15. The van der Waals surface area contributed by atoms with Crippen LogP contribution >= 0.6 is 24.2 Å². The molecule has 0 aliphatic carbocycles. The van der Waals surface area contributed by atoms with Crippen molar-refractivity contribution in [1.29, 1.82) is 0 Å². The second kappa shape index (κ2) is 4.77. The van der Waals surface area contributed by atoms with Crippen molar-refractivity contribution in [3.63, 3.8) is 0 Å². The maximum Gasteiger partial charge on any atom is 0.0451 e. The molecule has 1 nitrogen and oxygen atoms in total. The van der Waals surface area contributed by atoms with Gasteiger partial charge in [-0.2, -0.15) is 0 Å². The minimum atomic E-state index is 0.627. The number of nitrogens with zero attached hydrogens (tertiary/aromatic N) is 1. The molecule has 0 amide bonds. The zero-order valence-electron chi connectivity index (χ0n) is 8.91. The molecule has 1 aromatic carbocycles. The molecule has 1 saturated heterocycles. The second-order valence-electron chi connectivity index (χ2n) is 4.28. The van der Waals surface area contributed by atoms with E-state index in [1.165, 1.54) is 31.5 Å². The van der Waals surface area contributed by atoms with Gasteiger partial charge in [0.25, 0.3) is 0 Å². The van der Waals surface area contributed by atoms with Crippen LogP contribution in [-0.2, 0) is 0 Å². The summed E-state index contributed by atoms with van der Waals surface area (Å²) in [7, 11) is 2.18. The number of likely N-dealkylation sites (tertiary alicyclic amines) is 1. The SMILES string of the molecule is CN1CCC(c2ccc(S)cc2Cl)CC1. The molecular formula is C12H16ClNS. The zero-order valence-corrected chi connectivity index (χ0v) is 10.6. The van der Waals surface area contributed by atoms with E-state index in [0.29, 0.717) is 5.92 Å². The van der Waals surface area contributed by atoms with Crippen LogP contribution in [0.15, 0.2) is 23.1 Å². The molecule has 0 bridgehead atoms. The van der Waals surface area contributed by atoms with Crippen LogP contribution in [0.4, 0.5) is 0 Å². The fourth-order valence-corrected chi connectivity index (χ4v) is 2.78. The van der Waals surface area contributed by atoms with Crippen molar-refractivity contribution in [3.05, 3.63) is 28.8 Å². The van der Waals surface area contributed by atoms with E-state index in [1.54, 1.807) is 0 Å². The topological polar surface area (TPSA) is 3.24 Å². The lowest BCUT2D eigenvalue weighted by atomic mass is 9.90. The molecule has 0 aromatic heterocycles. The number of halogens is 1. The summed E-state index contributed by atoms with van der Waals surface area (Å²) in [5.41, 5.74) is 1.29. The summed E-state index contributed by atoms with van der Waals surface area (Å²) < 4.78 is 0. The van der Waals surface area contributed by atoms with Crippen LogP contribution in [0.5, 0.6) is 0 Å². The van der Waals surface area contributed by atoms with Crippen LogP contribution in [-0.4, -0.2) is 25.0 Å². The largest absolute Gasteiger partial charge is 0.306 e. The average Bonchev–Trinajstić information content (AvgIpc) is 2.20. The lowest BCUT2D eigenvalue weighted by molar-refractivity contribution is 0.255. The number of thiol groups is 1. The van der Waals surface area contributed by atoms with E-state index in [1.807, 2.05) is 12.1 Å². The van der Waals surface area contributed by atoms with Crippen LogP contribution in [0, 0.1) is 0 Å². The van der Waals surface area contributed by atoms with Gasteiger partial charge in [0.05, 0.1) is 0 Å². The number of hydrogen-bond donors (Lipinski definition) is 1. The van der Waals surface area contributed by atoms with Gasteiger partial charge in [-0.05, 0) is 56.6 Å². The van der Waals surface area contributed by atoms with Gasteiger partial charge in [-0.15, -0.1) is 12.6 Å². The zero-order chi connectivity index (χ0) is 10.8. The molecule has 1 aromatic rings. The van der Waals surface area contributed by atoms with E-state index in [-0.39, 0.29) is 0 Å². The number of hydrogen-bond acceptors (Lipinski definition) is 2. The molecule has 3 heteroatoms. The van der Waals surface area contributed by atoms with Gasteiger partial charge in [-0.3, -0.25) is 0 Å². The summed E-state index contributed by atoms with van der Waals surface area (Å²) in [6, 6.07) is 6.10. The fraction of sp³-hybridized carbons (Fsp3) is 0.500. The highest BCUT2D eigenvalue weighted by molar-refractivity contribution is 7.80. The van der Waals surface area contributed by atoms with Crippen LogP contribution in [0.2, 0.25) is 5.02 Å². The highest BCUT2D eigenvalue weighted by Gasteiger charge is 2.20. The molecule has 2 rings (SSSR count). The number of benzene rings is 1. The van der Waals surface area contributed by atoms with Crippen molar-refractivity contribution >= 4 is 24.2 Å². The first-order valence-corrected chi connectivity index (χ1v) is 6.16. The fourth-order valence-electron chi connectivity index (χ4n) is 2.17. The third kappa shape index (κ3) is 2.68. The molecule has 1 heterocycles. The van der Waals surface area contributed by atoms with Gasteiger partial charge in [-0.25, -0.2) is 0 Å². The second-order valence-corrected chi connectivity index (χ2v) is 5.21. The quantitative estimate of drug-likeness (QED) is 0.738. The summed E-state index contributed by atoms with van der Waals surface area (Å²) in [5, 5.41) is 0.872. The van der Waals surface area contributed by atoms with Crippen molar-refractivity contribution in [2.75, 3.05) is 20.1 Å². The maximum absolute atomic E-state index is 6.24. The van der Waals surface area contributed by atoms with E-state index < -0.39 is 0 Å². The van der Waals surface area contributed by atoms with Crippen LogP contribution in [0.25, 0.3) is 0 Å². The monoisotopic (exact) mass is 241 g/mol. The Bertz CT molecular complexity index is 345. The molecule has 0 unspecified atom stereocenters. The first-order chi connectivity index (χ1) is 7.16. The third-order valence-electron chi connectivity index (χ3n) is 3.14. The summed E-state index contributed by atoms with van der Waals surface area (Å²) in [6.45, 7) is 2.34. The van der Waals surface area contributed by atoms with Crippen molar-refractivity contribution in [2.24, 2.45) is 0 Å². The van der Waals surface area contributed by atoms with Crippen molar-refractivity contribution in [1.82, 2.24) is 4.90 Å². The lowest BCUT2D eigenvalue weighted by Crippen LogP contribution is -2.29. The lowest BCUT2D eigenvalue weighted by Gasteiger charge is -2.29. The van der Waals surface area contributed by atoms with Crippen molar-refractivity contribution < 1.29 is 0 Å². The van der Waals surface area contributed by atoms with E-state index in [9.17, 15) is 0 Å². The summed E-state index contributed by atoms with van der Waals surface area (Å²) >= 11 is 10.5. The highest BCUT2D eigenvalue weighted by atomic mass is 35.5. The van der Waals surface area contributed by atoms with Gasteiger partial charge < -0.3 is 4.90 Å². The van der Waals surface area contributed by atoms with Gasteiger partial charge in [0.15, 0.2) is 0 Å². The molecule has 0 radical (unpaired) electrons. The molecule has 1 aliphatic heterocycles. The van der Waals surface area contributed by atoms with Crippen LogP contribution < -0.4 is 0 Å². The van der Waals surface area contributed by atoms with Crippen LogP contribution in [0.3, 0.4) is 0 Å². The Kier molecular flexibility index (Phi) is 3.60. The third-order valence-corrected chi connectivity index (χ3v) is 3.75. The van der Waals surface area contributed by atoms with Gasteiger partial charge in [0, 0.05) is 9.92 Å². The summed E-state index contributed by atoms with van der Waals surface area (Å²) in [6.07, 6.45) is 2.42. The predicted octanol–water partition coefficient (Wildman–Crippen LogP) is 3.44. The van der Waals surface area contributed by atoms with E-state index in [0.717, 1.165) is 9.92 Å². The predicted molar refractivity (Wildman–Crippen MR) is 68.2 cm³/mol. The Morgan fingerprint density at radius 2 is 2.00 bits per heavy atom. The highest BCUT2D eigenvalue weighted by Crippen LogP contribution is 2.33. The molecule has 1 fully saturated rings. The van der Waals surface area contributed by atoms with Crippen molar-refractivity contribution in [3.8, 4) is 0 Å². The smallest absolute Gasteiger partial charge is 0.0451 e. The first kappa shape index (κ1) is 11.3. The molecule has 82 valence electrons. The molecule has 0 atom stereocenters. The minimum absolute atomic E-state index is 0.627. The van der Waals surface area contributed by atoms with Gasteiger partial charge in [0.2, 0.25) is 0 Å². The molecule has 15 heavy (non-hydrogen) atoms. The summed E-state index contributed by atoms with van der Waals surface area (Å²) in [4.78, 5) is 3.31. The number of rotatable bonds is 1. The molecule has 0 spiro atoms. The van der Waals surface area contributed by atoms with Crippen LogP contribution in [0.1, 0.15) is 24.3 Å². The van der Waals surface area contributed by atoms with Gasteiger partial charge >= 0.3 is 0 Å². The standard InChI is InChI=1S/C12H16ClNS/c1-14-6-4-9(5-7-14)11-3-2-10(15)8-12(11)13/h2-3,8-9,15H,4-7H2,1H3. The van der Waals surface area contributed by atoms with Gasteiger partial charge in [0.1, 0.15) is 0 Å². The minimum Gasteiger partial charge on any atom is -0.306 e. The Morgan fingerprint density at radius 3 is 2.60 bits per heavy atom. The average molecular weight is 242 g/mol. The first-order valence-electron chi connectivity index (χ1n) is 5.34. The van der Waals surface area contributed by atoms with E-state index >= 15 is 0 Å². The Hall–Kier alpha value is -0.180. The molecule has 1 aliphatic rings. The molecular weight excluding hydrogens is 226 g/mol. The Labute approximate surface area is 102 Å². The molecule has 0 saturated carbocycles. The molecule has 0 N–H and O–H groups in total. The normalized spacial score (nSPS) is 19.4. The van der Waals surface area contributed by atoms with Crippen molar-refractivity contribution in [2.45, 2.75) is 23.7 Å². The summed E-state index contributed by atoms with van der Waals surface area (Å²) in [5.74, 6) is 0.627. The Morgan fingerprint density at radius 1 is 1.33 bits per heavy atom. The van der Waals surface area contributed by atoms with E-state index in [4.69, 9.17) is 11.6 Å². The van der Waals surface area contributed by atoms with E-state index in [2.05, 4.69) is 30.6 Å². The van der Waals surface area contributed by atoms with Gasteiger partial charge in [-0.1, -0.05) is 17.7 Å². The maximum atomic E-state index is 6.24.